The minimum absolute atomic E-state index is 0. The minimum atomic E-state index is -0.349. The van der Waals surface area contributed by atoms with Crippen LogP contribution in [0.3, 0.4) is 0 Å². The molecule has 0 radical (unpaired) electrons. The lowest BCUT2D eigenvalue weighted by atomic mass is 9.84. The first-order valence-electron chi connectivity index (χ1n) is 12.3. The van der Waals surface area contributed by atoms with Gasteiger partial charge in [-0.25, -0.2) is 14.6 Å². The Hall–Kier alpha value is -2.97. The van der Waals surface area contributed by atoms with Gasteiger partial charge in [0.25, 0.3) is 0 Å². The van der Waals surface area contributed by atoms with Gasteiger partial charge in [0.15, 0.2) is 0 Å². The topological polar surface area (TPSA) is 71.5 Å². The lowest BCUT2D eigenvalue weighted by Crippen LogP contribution is -2.41. The zero-order valence-electron chi connectivity index (χ0n) is 21.5. The minimum Gasteiger partial charge on any atom is -0.465 e. The van der Waals surface area contributed by atoms with Gasteiger partial charge in [-0.05, 0) is 73.5 Å². The summed E-state index contributed by atoms with van der Waals surface area (Å²) in [6, 6.07) is 17.8. The van der Waals surface area contributed by atoms with Crippen LogP contribution in [0.25, 0.3) is 11.3 Å². The monoisotopic (exact) mass is 535 g/mol. The number of benzene rings is 2. The summed E-state index contributed by atoms with van der Waals surface area (Å²) < 4.78 is 4.85. The van der Waals surface area contributed by atoms with Crippen molar-refractivity contribution >= 4 is 42.9 Å². The van der Waals surface area contributed by atoms with Crippen molar-refractivity contribution in [1.29, 1.82) is 0 Å². The molecule has 37 heavy (non-hydrogen) atoms. The second-order valence-corrected chi connectivity index (χ2v) is 10.5. The molecule has 5 rings (SSSR count). The Morgan fingerprint density at radius 2 is 1.81 bits per heavy atom. The van der Waals surface area contributed by atoms with E-state index < -0.39 is 0 Å². The molecule has 2 amide bonds. The SMILES string of the molecule is COC(=O)c1ccc(-c2ccc3c(n2)C2(CCCC2)CN3C(=O)NCc2ccc(SC)cc2)c(C)c1.S. The number of aryl methyl sites for hydroxylation is 1. The number of fused-ring (bicyclic) bond motifs is 2. The highest BCUT2D eigenvalue weighted by Crippen LogP contribution is 2.50. The van der Waals surface area contributed by atoms with E-state index in [1.54, 1.807) is 17.8 Å². The van der Waals surface area contributed by atoms with Crippen LogP contribution in [0.15, 0.2) is 59.5 Å². The second-order valence-electron chi connectivity index (χ2n) is 9.67. The largest absolute Gasteiger partial charge is 0.465 e. The first-order chi connectivity index (χ1) is 17.4. The maximum atomic E-state index is 13.3. The van der Waals surface area contributed by atoms with Gasteiger partial charge in [-0.2, -0.15) is 13.5 Å². The van der Waals surface area contributed by atoms with E-state index in [4.69, 9.17) is 9.72 Å². The number of ether oxygens (including phenoxy) is 1. The van der Waals surface area contributed by atoms with Gasteiger partial charge in [0, 0.05) is 29.0 Å². The summed E-state index contributed by atoms with van der Waals surface area (Å²) in [4.78, 5) is 33.5. The van der Waals surface area contributed by atoms with Crippen LogP contribution in [0.1, 0.15) is 52.9 Å². The molecule has 2 aliphatic rings. The summed E-state index contributed by atoms with van der Waals surface area (Å²) in [6.45, 7) is 3.13. The number of nitrogens with zero attached hydrogens (tertiary/aromatic N) is 2. The molecule has 1 aliphatic carbocycles. The summed E-state index contributed by atoms with van der Waals surface area (Å²) >= 11 is 1.71. The van der Waals surface area contributed by atoms with E-state index in [1.165, 1.54) is 12.0 Å². The van der Waals surface area contributed by atoms with E-state index in [-0.39, 0.29) is 30.9 Å². The molecule has 1 fully saturated rings. The molecular formula is C29H33N3O3S2. The number of hydrogen-bond donors (Lipinski definition) is 1. The average molecular weight is 536 g/mol. The van der Waals surface area contributed by atoms with E-state index >= 15 is 0 Å². The van der Waals surface area contributed by atoms with E-state index in [2.05, 4.69) is 35.8 Å². The lowest BCUT2D eigenvalue weighted by molar-refractivity contribution is 0.0600. The predicted molar refractivity (Wildman–Crippen MR) is 154 cm³/mol. The number of rotatable bonds is 5. The Morgan fingerprint density at radius 3 is 2.46 bits per heavy atom. The number of anilines is 1. The fraction of sp³-hybridized carbons (Fsp3) is 0.345. The van der Waals surface area contributed by atoms with Gasteiger partial charge < -0.3 is 10.1 Å². The number of thioether (sulfide) groups is 1. The number of carbonyl (C=O) groups excluding carboxylic acids is 2. The van der Waals surface area contributed by atoms with Gasteiger partial charge in [0.2, 0.25) is 0 Å². The molecule has 194 valence electrons. The number of amides is 2. The number of methoxy groups -OCH3 is 1. The van der Waals surface area contributed by atoms with Crippen LogP contribution < -0.4 is 10.2 Å². The highest BCUT2D eigenvalue weighted by Gasteiger charge is 2.47. The summed E-state index contributed by atoms with van der Waals surface area (Å²) in [6.07, 6.45) is 6.43. The van der Waals surface area contributed by atoms with Gasteiger partial charge in [-0.15, -0.1) is 11.8 Å². The third-order valence-corrected chi connectivity index (χ3v) is 8.20. The number of urea groups is 1. The van der Waals surface area contributed by atoms with Crippen LogP contribution >= 0.6 is 25.3 Å². The maximum Gasteiger partial charge on any atom is 0.337 e. The number of nitrogens with one attached hydrogen (secondary N) is 1. The molecule has 6 nitrogen and oxygen atoms in total. The van der Waals surface area contributed by atoms with E-state index in [0.29, 0.717) is 18.7 Å². The molecule has 0 bridgehead atoms. The van der Waals surface area contributed by atoms with Gasteiger partial charge in [-0.1, -0.05) is 31.0 Å². The van der Waals surface area contributed by atoms with E-state index in [9.17, 15) is 9.59 Å². The smallest absolute Gasteiger partial charge is 0.337 e. The predicted octanol–water partition coefficient (Wildman–Crippen LogP) is 6.22. The molecule has 0 saturated heterocycles. The van der Waals surface area contributed by atoms with Crippen molar-refractivity contribution in [3.8, 4) is 11.3 Å². The molecular weight excluding hydrogens is 502 g/mol. The second kappa shape index (κ2) is 11.2. The van der Waals surface area contributed by atoms with Crippen LogP contribution in [0.5, 0.6) is 0 Å². The standard InChI is InChI=1S/C29H31N3O3S.H2S/c1-19-16-21(27(33)35-2)8-11-23(19)24-12-13-25-26(31-24)29(14-4-5-15-29)18-32(25)28(34)30-17-20-6-9-22(36-3)10-7-20;/h6-13,16H,4-5,14-15,17-18H2,1-3H3,(H,30,34);1H2. The van der Waals surface area contributed by atoms with Crippen LogP contribution in [0.4, 0.5) is 10.5 Å². The lowest BCUT2D eigenvalue weighted by Gasteiger charge is -2.24. The summed E-state index contributed by atoms with van der Waals surface area (Å²) in [5.41, 5.74) is 6.25. The van der Waals surface area contributed by atoms with E-state index in [0.717, 1.165) is 59.4 Å². The molecule has 1 N–H and O–H groups in total. The number of aromatic nitrogens is 1. The Morgan fingerprint density at radius 1 is 1.08 bits per heavy atom. The fourth-order valence-corrected chi connectivity index (χ4v) is 5.92. The number of carbonyl (C=O) groups is 2. The van der Waals surface area contributed by atoms with Crippen LogP contribution in [0, 0.1) is 6.92 Å². The zero-order chi connectivity index (χ0) is 25.3. The molecule has 1 spiro atoms. The maximum absolute atomic E-state index is 13.3. The summed E-state index contributed by atoms with van der Waals surface area (Å²) in [7, 11) is 1.39. The molecule has 1 saturated carbocycles. The van der Waals surface area contributed by atoms with Crippen LogP contribution in [-0.4, -0.2) is 36.9 Å². The molecule has 8 heteroatoms. The van der Waals surface area contributed by atoms with Crippen molar-refractivity contribution in [2.24, 2.45) is 0 Å². The Bertz CT molecular complexity index is 1300. The first-order valence-corrected chi connectivity index (χ1v) is 13.6. The highest BCUT2D eigenvalue weighted by atomic mass is 32.2. The third kappa shape index (κ3) is 5.22. The molecule has 1 aliphatic heterocycles. The van der Waals surface area contributed by atoms with E-state index in [1.807, 2.05) is 36.1 Å². The highest BCUT2D eigenvalue weighted by molar-refractivity contribution is 7.98. The fourth-order valence-electron chi connectivity index (χ4n) is 5.51. The molecule has 0 atom stereocenters. The number of pyridine rings is 1. The van der Waals surface area contributed by atoms with Crippen molar-refractivity contribution in [2.45, 2.75) is 49.5 Å². The molecule has 0 unspecified atom stereocenters. The Balaban J connectivity index is 0.00000320. The molecule has 1 aromatic heterocycles. The zero-order valence-corrected chi connectivity index (χ0v) is 23.3. The van der Waals surface area contributed by atoms with Crippen LogP contribution in [0.2, 0.25) is 0 Å². The molecule has 2 aromatic carbocycles. The Labute approximate surface area is 229 Å². The van der Waals surface area contributed by atoms with Crippen molar-refractivity contribution in [3.63, 3.8) is 0 Å². The number of esters is 1. The van der Waals surface area contributed by atoms with Crippen molar-refractivity contribution in [3.05, 3.63) is 77.0 Å². The van der Waals surface area contributed by atoms with Gasteiger partial charge >= 0.3 is 12.0 Å². The average Bonchev–Trinajstić information content (AvgIpc) is 3.52. The van der Waals surface area contributed by atoms with Crippen molar-refractivity contribution in [2.75, 3.05) is 24.8 Å². The first kappa shape index (κ1) is 27.1. The Kier molecular flexibility index (Phi) is 8.19. The number of hydrogen-bond acceptors (Lipinski definition) is 5. The van der Waals surface area contributed by atoms with Crippen molar-refractivity contribution < 1.29 is 14.3 Å². The summed E-state index contributed by atoms with van der Waals surface area (Å²) in [5, 5.41) is 3.11. The quantitative estimate of drug-likeness (QED) is 0.310. The third-order valence-electron chi connectivity index (χ3n) is 7.46. The normalized spacial score (nSPS) is 15.3. The molecule has 2 heterocycles. The summed E-state index contributed by atoms with van der Waals surface area (Å²) in [5.74, 6) is -0.349. The van der Waals surface area contributed by atoms with Crippen LogP contribution in [-0.2, 0) is 16.7 Å². The van der Waals surface area contributed by atoms with Gasteiger partial charge in [-0.3, -0.25) is 4.90 Å². The van der Waals surface area contributed by atoms with Gasteiger partial charge in [0.1, 0.15) is 0 Å². The molecule has 3 aromatic rings. The van der Waals surface area contributed by atoms with Crippen molar-refractivity contribution in [1.82, 2.24) is 10.3 Å². The van der Waals surface area contributed by atoms with Gasteiger partial charge in [0.05, 0.1) is 29.7 Å².